The van der Waals surface area contributed by atoms with Gasteiger partial charge in [-0.2, -0.15) is 0 Å². The van der Waals surface area contributed by atoms with Crippen LogP contribution in [0.3, 0.4) is 0 Å². The minimum atomic E-state index is -3.14. The van der Waals surface area contributed by atoms with E-state index in [9.17, 15) is 4.57 Å². The summed E-state index contributed by atoms with van der Waals surface area (Å²) >= 11 is 5.93. The summed E-state index contributed by atoms with van der Waals surface area (Å²) in [5.74, 6) is 0.468. The van der Waals surface area contributed by atoms with E-state index in [0.717, 1.165) is 11.1 Å². The SMILES string of the molecule is CN(C)P(=O)(Oc1cnccc1-c1ccc(Cl)cc1)N(C)C. The normalized spacial score (nSPS) is 12.0. The molecule has 22 heavy (non-hydrogen) atoms. The summed E-state index contributed by atoms with van der Waals surface area (Å²) in [6, 6.07) is 9.22. The van der Waals surface area contributed by atoms with Crippen LogP contribution in [-0.2, 0) is 4.57 Å². The molecule has 2 rings (SSSR count). The van der Waals surface area contributed by atoms with E-state index in [-0.39, 0.29) is 0 Å². The molecule has 0 radical (unpaired) electrons. The second-order valence-electron chi connectivity index (χ2n) is 5.16. The Kier molecular flexibility index (Phi) is 5.24. The number of halogens is 1. The molecule has 0 bridgehead atoms. The van der Waals surface area contributed by atoms with E-state index in [1.54, 1.807) is 62.1 Å². The zero-order valence-corrected chi connectivity index (χ0v) is 14.7. The highest BCUT2D eigenvalue weighted by atomic mass is 35.5. The van der Waals surface area contributed by atoms with Gasteiger partial charge in [0.05, 0.1) is 6.20 Å². The first-order valence-electron chi connectivity index (χ1n) is 6.70. The van der Waals surface area contributed by atoms with Gasteiger partial charge in [-0.15, -0.1) is 0 Å². The summed E-state index contributed by atoms with van der Waals surface area (Å²) in [4.78, 5) is 4.08. The minimum Gasteiger partial charge on any atom is -0.419 e. The summed E-state index contributed by atoms with van der Waals surface area (Å²) in [6.07, 6.45) is 3.25. The van der Waals surface area contributed by atoms with Gasteiger partial charge in [0.15, 0.2) is 5.75 Å². The van der Waals surface area contributed by atoms with Gasteiger partial charge in [-0.25, -0.2) is 13.9 Å². The second kappa shape index (κ2) is 6.80. The van der Waals surface area contributed by atoms with Crippen molar-refractivity contribution < 1.29 is 9.09 Å². The quantitative estimate of drug-likeness (QED) is 0.770. The lowest BCUT2D eigenvalue weighted by Crippen LogP contribution is -2.24. The molecule has 2 aromatic rings. The van der Waals surface area contributed by atoms with E-state index in [1.807, 2.05) is 18.2 Å². The van der Waals surface area contributed by atoms with Crippen molar-refractivity contribution in [2.24, 2.45) is 0 Å². The van der Waals surface area contributed by atoms with Gasteiger partial charge in [0.1, 0.15) is 0 Å². The van der Waals surface area contributed by atoms with Crippen LogP contribution in [0.1, 0.15) is 0 Å². The number of benzene rings is 1. The average Bonchev–Trinajstić information content (AvgIpc) is 2.48. The van der Waals surface area contributed by atoms with Gasteiger partial charge in [0.25, 0.3) is 0 Å². The molecule has 0 atom stereocenters. The Morgan fingerprint density at radius 3 is 2.18 bits per heavy atom. The summed E-state index contributed by atoms with van der Waals surface area (Å²) in [6.45, 7) is 0. The van der Waals surface area contributed by atoms with Crippen LogP contribution in [-0.4, -0.2) is 42.5 Å². The Morgan fingerprint density at radius 2 is 1.64 bits per heavy atom. The maximum Gasteiger partial charge on any atom is 0.394 e. The molecule has 1 aromatic heterocycles. The second-order valence-corrected chi connectivity index (χ2v) is 8.36. The largest absolute Gasteiger partial charge is 0.419 e. The number of rotatable bonds is 5. The highest BCUT2D eigenvalue weighted by Crippen LogP contribution is 2.52. The molecule has 0 aliphatic heterocycles. The fraction of sp³-hybridized carbons (Fsp3) is 0.267. The molecule has 7 heteroatoms. The van der Waals surface area contributed by atoms with Crippen LogP contribution < -0.4 is 4.52 Å². The van der Waals surface area contributed by atoms with Crippen LogP contribution in [0.15, 0.2) is 42.7 Å². The van der Waals surface area contributed by atoms with Crippen LogP contribution in [0, 0.1) is 0 Å². The van der Waals surface area contributed by atoms with Crippen LogP contribution >= 0.6 is 19.3 Å². The van der Waals surface area contributed by atoms with Gasteiger partial charge in [-0.1, -0.05) is 23.7 Å². The van der Waals surface area contributed by atoms with Crippen molar-refractivity contribution in [3.63, 3.8) is 0 Å². The Hall–Kier alpha value is -1.39. The van der Waals surface area contributed by atoms with E-state index in [0.29, 0.717) is 10.8 Å². The number of hydrogen-bond acceptors (Lipinski definition) is 3. The van der Waals surface area contributed by atoms with E-state index in [4.69, 9.17) is 16.1 Å². The summed E-state index contributed by atoms with van der Waals surface area (Å²) < 4.78 is 22.0. The lowest BCUT2D eigenvalue weighted by atomic mass is 10.1. The molecule has 0 N–H and O–H groups in total. The molecular weight excluding hydrogens is 321 g/mol. The molecule has 0 aliphatic carbocycles. The zero-order chi connectivity index (χ0) is 16.3. The van der Waals surface area contributed by atoms with Gasteiger partial charge in [-0.3, -0.25) is 4.98 Å². The highest BCUT2D eigenvalue weighted by Gasteiger charge is 2.32. The monoisotopic (exact) mass is 339 g/mol. The first-order valence-corrected chi connectivity index (χ1v) is 8.60. The van der Waals surface area contributed by atoms with Crippen molar-refractivity contribution in [2.75, 3.05) is 28.2 Å². The Labute approximate surface area is 136 Å². The minimum absolute atomic E-state index is 0.468. The molecule has 0 unspecified atom stereocenters. The van der Waals surface area contributed by atoms with Crippen molar-refractivity contribution in [1.82, 2.24) is 14.3 Å². The van der Waals surface area contributed by atoms with E-state index < -0.39 is 7.67 Å². The number of nitrogens with zero attached hydrogens (tertiary/aromatic N) is 3. The fourth-order valence-corrected chi connectivity index (χ4v) is 3.54. The van der Waals surface area contributed by atoms with Crippen molar-refractivity contribution in [3.05, 3.63) is 47.7 Å². The van der Waals surface area contributed by atoms with Gasteiger partial charge < -0.3 is 4.52 Å². The summed E-state index contributed by atoms with van der Waals surface area (Å²) in [7, 11) is 3.74. The third-order valence-electron chi connectivity index (χ3n) is 3.17. The zero-order valence-electron chi connectivity index (χ0n) is 13.0. The Balaban J connectivity index is 2.45. The van der Waals surface area contributed by atoms with Crippen molar-refractivity contribution in [3.8, 4) is 16.9 Å². The van der Waals surface area contributed by atoms with Crippen LogP contribution in [0.5, 0.6) is 5.75 Å². The fourth-order valence-electron chi connectivity index (χ4n) is 1.97. The van der Waals surface area contributed by atoms with Gasteiger partial charge in [-0.05, 0) is 52.0 Å². The summed E-state index contributed by atoms with van der Waals surface area (Å²) in [5.41, 5.74) is 1.74. The standard InChI is InChI=1S/C15H19ClN3O2P/c1-18(2)22(20,19(3)4)21-15-11-17-10-9-14(15)12-5-7-13(16)8-6-12/h5-11H,1-4H3. The van der Waals surface area contributed by atoms with Crippen molar-refractivity contribution in [2.45, 2.75) is 0 Å². The van der Waals surface area contributed by atoms with Crippen molar-refractivity contribution >= 4 is 19.3 Å². The molecule has 0 saturated heterocycles. The molecule has 1 aromatic carbocycles. The molecule has 0 spiro atoms. The number of pyridine rings is 1. The van der Waals surface area contributed by atoms with E-state index in [2.05, 4.69) is 4.98 Å². The summed E-state index contributed by atoms with van der Waals surface area (Å²) in [5, 5.41) is 0.660. The first-order chi connectivity index (χ1) is 10.3. The molecule has 0 amide bonds. The van der Waals surface area contributed by atoms with Crippen molar-refractivity contribution in [1.29, 1.82) is 0 Å². The molecule has 118 valence electrons. The van der Waals surface area contributed by atoms with E-state index in [1.165, 1.54) is 0 Å². The lowest BCUT2D eigenvalue weighted by Gasteiger charge is -2.30. The van der Waals surface area contributed by atoms with Crippen LogP contribution in [0.2, 0.25) is 5.02 Å². The van der Waals surface area contributed by atoms with E-state index >= 15 is 0 Å². The maximum absolute atomic E-state index is 13.0. The molecule has 0 saturated carbocycles. The number of aromatic nitrogens is 1. The number of hydrogen-bond donors (Lipinski definition) is 0. The predicted molar refractivity (Wildman–Crippen MR) is 90.3 cm³/mol. The Morgan fingerprint density at radius 1 is 1.05 bits per heavy atom. The third kappa shape index (κ3) is 3.50. The molecule has 0 fully saturated rings. The maximum atomic E-state index is 13.0. The smallest absolute Gasteiger partial charge is 0.394 e. The molecule has 5 nitrogen and oxygen atoms in total. The lowest BCUT2D eigenvalue weighted by molar-refractivity contribution is 0.354. The molecule has 0 aliphatic rings. The van der Waals surface area contributed by atoms with Crippen LogP contribution in [0.25, 0.3) is 11.1 Å². The van der Waals surface area contributed by atoms with Gasteiger partial charge in [0, 0.05) is 16.8 Å². The molecule has 1 heterocycles. The predicted octanol–water partition coefficient (Wildman–Crippen LogP) is 4.01. The average molecular weight is 340 g/mol. The van der Waals surface area contributed by atoms with Gasteiger partial charge >= 0.3 is 7.67 Å². The third-order valence-corrected chi connectivity index (χ3v) is 5.88. The molecular formula is C15H19ClN3O2P. The van der Waals surface area contributed by atoms with Gasteiger partial charge in [0.2, 0.25) is 0 Å². The first kappa shape index (κ1) is 17.0. The highest BCUT2D eigenvalue weighted by molar-refractivity contribution is 7.54. The topological polar surface area (TPSA) is 45.7 Å². The Bertz CT molecular complexity index is 677. The van der Waals surface area contributed by atoms with Crippen LogP contribution in [0.4, 0.5) is 0 Å².